The molecular formula is C54H80N2O14. The zero-order valence-corrected chi connectivity index (χ0v) is 42.8. The second-order valence-corrected chi connectivity index (χ2v) is 20.3. The van der Waals surface area contributed by atoms with Crippen LogP contribution in [0.5, 0.6) is 0 Å². The van der Waals surface area contributed by atoms with Crippen molar-refractivity contribution >= 4 is 35.3 Å². The summed E-state index contributed by atoms with van der Waals surface area (Å²) in [5.74, 6) is -6.41. The highest BCUT2D eigenvalue weighted by atomic mass is 16.6. The summed E-state index contributed by atoms with van der Waals surface area (Å²) in [5, 5.41) is 36.8. The van der Waals surface area contributed by atoms with Gasteiger partial charge in [-0.2, -0.15) is 0 Å². The smallest absolute Gasteiger partial charge is 0.408 e. The van der Waals surface area contributed by atoms with Crippen molar-refractivity contribution in [2.75, 3.05) is 27.4 Å². The Morgan fingerprint density at radius 2 is 1.67 bits per heavy atom. The van der Waals surface area contributed by atoms with Gasteiger partial charge in [0.15, 0.2) is 12.4 Å². The van der Waals surface area contributed by atoms with Crippen molar-refractivity contribution in [1.29, 1.82) is 0 Å². The Labute approximate surface area is 415 Å². The number of piperidine rings is 1. The maximum atomic E-state index is 14.4. The molecule has 0 radical (unpaired) electrons. The normalized spacial score (nSPS) is 38.1. The Kier molecular flexibility index (Phi) is 22.7. The minimum absolute atomic E-state index is 0.0325. The molecule has 3 heterocycles. The first-order valence-corrected chi connectivity index (χ1v) is 25.2. The summed E-state index contributed by atoms with van der Waals surface area (Å²) < 4.78 is 28.7. The molecule has 0 spiro atoms. The van der Waals surface area contributed by atoms with Crippen LogP contribution in [0.4, 0.5) is 4.79 Å². The Bertz CT molecular complexity index is 1990. The van der Waals surface area contributed by atoms with Crippen LogP contribution in [-0.4, -0.2) is 137 Å². The van der Waals surface area contributed by atoms with Crippen LogP contribution in [0, 0.1) is 47.9 Å². The third kappa shape index (κ3) is 15.7. The van der Waals surface area contributed by atoms with E-state index in [1.165, 1.54) is 7.11 Å². The lowest BCUT2D eigenvalue weighted by molar-refractivity contribution is -0.264. The molecular weight excluding hydrogens is 901 g/mol. The number of amides is 2. The number of nitrogens with one attached hydrogen (secondary N) is 1. The Balaban J connectivity index is 1.73. The van der Waals surface area contributed by atoms with Gasteiger partial charge < -0.3 is 49.2 Å². The highest BCUT2D eigenvalue weighted by molar-refractivity contribution is 6.39. The molecule has 4 rings (SSSR count). The number of aliphatic hydroxyl groups is 3. The summed E-state index contributed by atoms with van der Waals surface area (Å²) in [5.41, 5.74) is 1.04. The first-order chi connectivity index (χ1) is 33.1. The van der Waals surface area contributed by atoms with Crippen LogP contribution in [0.1, 0.15) is 126 Å². The summed E-state index contributed by atoms with van der Waals surface area (Å²) in [6.45, 7) is 12.1. The minimum Gasteiger partial charge on any atom is -0.460 e. The summed E-state index contributed by atoms with van der Waals surface area (Å²) in [6, 6.07) is -1.91. The molecule has 2 amide bonds. The number of alkyl carbamates (subject to hydrolysis) is 1. The van der Waals surface area contributed by atoms with E-state index in [2.05, 4.69) is 11.2 Å². The van der Waals surface area contributed by atoms with Gasteiger partial charge in [-0.05, 0) is 108 Å². The van der Waals surface area contributed by atoms with Gasteiger partial charge in [0, 0.05) is 44.9 Å². The standard InChI is InChI=1S/C54H80N2O14/c1-11-25-68-53(64)55-41-30-40-22-20-38(8)54(65,70-40)50(61)51(62)56-24-16-15-19-42(56)52(63)69-45(35(5)28-39-21-23-43(57)46(29-39)66-9)31-44(58)34(4)27-37(7)48(60)49(67-10)47(59)36(6)26-32(2)17-13-12-14-18-33(41)3/h1,12-14,17-18,27,32,34-36,38-43,45-46,48-49,57,60,65H,15-16,19-26,28-31H2,2-10H3,(H,55,64)/b14-12+,17-13+,33-18+,37-27+/t32-,34-,35-,36-,38-,39+,40+,41?,42+,43-,45+,46-,48-,49+,54-/m1/s1. The van der Waals surface area contributed by atoms with E-state index in [1.54, 1.807) is 66.0 Å². The number of nitrogens with zero attached hydrogens (tertiary/aromatic N) is 1. The molecule has 1 saturated carbocycles. The number of aliphatic hydroxyl groups excluding tert-OH is 2. The number of rotatable bonds is 7. The first-order valence-electron chi connectivity index (χ1n) is 25.2. The van der Waals surface area contributed by atoms with Crippen LogP contribution in [0.2, 0.25) is 0 Å². The van der Waals surface area contributed by atoms with Crippen molar-refractivity contribution in [3.8, 4) is 12.3 Å². The molecule has 4 aliphatic rings. The highest BCUT2D eigenvalue weighted by Gasteiger charge is 2.53. The lowest BCUT2D eigenvalue weighted by Gasteiger charge is -2.43. The van der Waals surface area contributed by atoms with Gasteiger partial charge in [0.25, 0.3) is 11.7 Å². The molecule has 16 nitrogen and oxygen atoms in total. The Hall–Kier alpha value is -4.50. The number of fused-ring (bicyclic) bond motifs is 3. The summed E-state index contributed by atoms with van der Waals surface area (Å²) in [4.78, 5) is 85.0. The second-order valence-electron chi connectivity index (χ2n) is 20.3. The van der Waals surface area contributed by atoms with Crippen molar-refractivity contribution in [2.24, 2.45) is 35.5 Å². The van der Waals surface area contributed by atoms with Crippen molar-refractivity contribution in [3.05, 3.63) is 47.6 Å². The number of hydrogen-bond donors (Lipinski definition) is 4. The van der Waals surface area contributed by atoms with E-state index in [0.29, 0.717) is 68.9 Å². The number of methoxy groups -OCH3 is 2. The quantitative estimate of drug-likeness (QED) is 0.101. The summed E-state index contributed by atoms with van der Waals surface area (Å²) in [7, 11) is 2.91. The van der Waals surface area contributed by atoms with Gasteiger partial charge in [-0.3, -0.25) is 19.2 Å². The third-order valence-corrected chi connectivity index (χ3v) is 14.8. The fourth-order valence-corrected chi connectivity index (χ4v) is 10.3. The molecule has 70 heavy (non-hydrogen) atoms. The molecule has 0 aromatic heterocycles. The summed E-state index contributed by atoms with van der Waals surface area (Å²) in [6.07, 6.45) is 14.5. The van der Waals surface area contributed by atoms with Crippen molar-refractivity contribution in [2.45, 2.75) is 180 Å². The molecule has 16 heteroatoms. The number of esters is 1. The largest absolute Gasteiger partial charge is 0.460 e. The summed E-state index contributed by atoms with van der Waals surface area (Å²) >= 11 is 0. The van der Waals surface area contributed by atoms with E-state index in [4.69, 9.17) is 30.1 Å². The zero-order chi connectivity index (χ0) is 51.9. The molecule has 15 atom stereocenters. The molecule has 1 unspecified atom stereocenters. The van der Waals surface area contributed by atoms with E-state index in [1.807, 2.05) is 26.0 Å². The second kappa shape index (κ2) is 27.4. The first kappa shape index (κ1) is 58.1. The maximum Gasteiger partial charge on any atom is 0.408 e. The fraction of sp³-hybridized carbons (Fsp3) is 0.704. The average molecular weight is 981 g/mol. The number of hydrogen-bond acceptors (Lipinski definition) is 14. The molecule has 3 fully saturated rings. The predicted octanol–water partition coefficient (Wildman–Crippen LogP) is 5.89. The topological polar surface area (TPSA) is 225 Å². The highest BCUT2D eigenvalue weighted by Crippen LogP contribution is 2.37. The molecule has 1 aliphatic carbocycles. The third-order valence-electron chi connectivity index (χ3n) is 14.8. The zero-order valence-electron chi connectivity index (χ0n) is 42.8. The SMILES string of the molecule is C#CCOC(=O)NC1C[C@@H]2CC[C@@H](C)[C@@](O)(O2)C(=O)C(=O)N2CCCC[C@H]2C(=O)O[C@H]([C@H](C)C[C@@H]2CC[C@@H](O)[C@H](OC)C2)CC(=O)[C@H](C)/C=C(\C)[C@@H](O)[C@@H](OC)C(=O)[C@H](C)C[C@H](C)/C=C/C=C/C=C/1C. The number of allylic oxidation sites excluding steroid dienone is 6. The van der Waals surface area contributed by atoms with Gasteiger partial charge in [-0.1, -0.05) is 82.6 Å². The van der Waals surface area contributed by atoms with Crippen molar-refractivity contribution < 1.29 is 67.8 Å². The molecule has 0 aromatic carbocycles. The number of cyclic esters (lactones) is 1. The minimum atomic E-state index is -2.56. The van der Waals surface area contributed by atoms with E-state index >= 15 is 0 Å². The molecule has 2 bridgehead atoms. The number of Topliss-reactive ketones (excluding diaryl/α,β-unsaturated/α-hetero) is 3. The van der Waals surface area contributed by atoms with E-state index in [-0.39, 0.29) is 67.8 Å². The van der Waals surface area contributed by atoms with Gasteiger partial charge in [-0.25, -0.2) is 9.59 Å². The van der Waals surface area contributed by atoms with E-state index in [0.717, 1.165) is 4.90 Å². The van der Waals surface area contributed by atoms with Gasteiger partial charge >= 0.3 is 12.1 Å². The number of ether oxygens (including phenoxy) is 5. The van der Waals surface area contributed by atoms with E-state index < -0.39 is 89.9 Å². The number of ketones is 3. The fourth-order valence-electron chi connectivity index (χ4n) is 10.3. The van der Waals surface area contributed by atoms with Crippen LogP contribution < -0.4 is 5.32 Å². The lowest BCUT2D eigenvalue weighted by Crippen LogP contribution is -2.61. The molecule has 3 aliphatic heterocycles. The molecule has 4 N–H and O–H groups in total. The van der Waals surface area contributed by atoms with Crippen LogP contribution in [0.3, 0.4) is 0 Å². The maximum absolute atomic E-state index is 14.4. The van der Waals surface area contributed by atoms with Crippen molar-refractivity contribution in [1.82, 2.24) is 10.2 Å². The van der Waals surface area contributed by atoms with Gasteiger partial charge in [0.1, 0.15) is 30.1 Å². The van der Waals surface area contributed by atoms with Gasteiger partial charge in [0.2, 0.25) is 5.79 Å². The Morgan fingerprint density at radius 1 is 0.943 bits per heavy atom. The van der Waals surface area contributed by atoms with Crippen LogP contribution in [0.25, 0.3) is 0 Å². The average Bonchev–Trinajstić information content (AvgIpc) is 3.33. The monoisotopic (exact) mass is 981 g/mol. The van der Waals surface area contributed by atoms with Crippen LogP contribution in [-0.2, 0) is 47.7 Å². The van der Waals surface area contributed by atoms with Crippen LogP contribution >= 0.6 is 0 Å². The Morgan fingerprint density at radius 3 is 2.36 bits per heavy atom. The lowest BCUT2D eigenvalue weighted by atomic mass is 9.78. The van der Waals surface area contributed by atoms with E-state index in [9.17, 15) is 44.1 Å². The predicted molar refractivity (Wildman–Crippen MR) is 261 cm³/mol. The number of terminal acetylenes is 1. The number of carbonyl (C=O) groups excluding carboxylic acids is 6. The van der Waals surface area contributed by atoms with Crippen molar-refractivity contribution in [3.63, 3.8) is 0 Å². The van der Waals surface area contributed by atoms with Crippen LogP contribution in [0.15, 0.2) is 47.6 Å². The molecule has 390 valence electrons. The molecule has 0 aromatic rings. The van der Waals surface area contributed by atoms with Gasteiger partial charge in [0.05, 0.1) is 24.4 Å². The van der Waals surface area contributed by atoms with Gasteiger partial charge in [-0.15, -0.1) is 6.42 Å². The molecule has 2 saturated heterocycles. The number of carbonyl (C=O) groups is 6.